The van der Waals surface area contributed by atoms with E-state index in [0.29, 0.717) is 0 Å². The number of anilines is 1. The van der Waals surface area contributed by atoms with Crippen molar-refractivity contribution in [2.75, 3.05) is 5.32 Å². The molecule has 0 heterocycles. The van der Waals surface area contributed by atoms with Gasteiger partial charge in [0, 0.05) is 6.07 Å². The first-order valence-electron chi connectivity index (χ1n) is 6.19. The van der Waals surface area contributed by atoms with Gasteiger partial charge in [0.2, 0.25) is 11.8 Å². The third kappa shape index (κ3) is 4.03. The number of aromatic hydroxyl groups is 1. The van der Waals surface area contributed by atoms with E-state index in [-0.39, 0.29) is 12.1 Å². The number of halogens is 3. The van der Waals surface area contributed by atoms with E-state index in [0.717, 1.165) is 18.2 Å². The molecule has 0 aliphatic heterocycles. The van der Waals surface area contributed by atoms with Crippen molar-refractivity contribution in [3.8, 4) is 11.5 Å². The molecule has 0 radical (unpaired) electrons. The first-order chi connectivity index (χ1) is 9.99. The number of carbonyl (C=O) groups excluding carboxylic acids is 2. The highest BCUT2D eigenvalue weighted by Gasteiger charge is 2.38. The molecule has 6 nitrogen and oxygen atoms in total. The molecule has 0 aromatic heterocycles. The molecule has 0 fully saturated rings. The van der Waals surface area contributed by atoms with E-state index in [9.17, 15) is 27.9 Å². The maximum Gasteiger partial charge on any atom is 0.573 e. The molecular formula is C13H15F3N2O4. The van der Waals surface area contributed by atoms with Gasteiger partial charge in [0.1, 0.15) is 16.9 Å². The van der Waals surface area contributed by atoms with Crippen molar-refractivity contribution in [1.29, 1.82) is 0 Å². The molecule has 1 aromatic rings. The van der Waals surface area contributed by atoms with Crippen molar-refractivity contribution in [3.63, 3.8) is 0 Å². The molecule has 122 valence electrons. The highest BCUT2D eigenvalue weighted by molar-refractivity contribution is 6.10. The number of hydrogen-bond acceptors (Lipinski definition) is 4. The summed E-state index contributed by atoms with van der Waals surface area (Å²) in [7, 11) is 0. The van der Waals surface area contributed by atoms with Crippen molar-refractivity contribution < 1.29 is 32.6 Å². The molecule has 1 unspecified atom stereocenters. The predicted molar refractivity (Wildman–Crippen MR) is 71.0 cm³/mol. The summed E-state index contributed by atoms with van der Waals surface area (Å²) >= 11 is 0. The second-order valence-corrected chi connectivity index (χ2v) is 4.73. The van der Waals surface area contributed by atoms with Gasteiger partial charge < -0.3 is 20.9 Å². The number of phenols is 1. The molecule has 0 saturated carbocycles. The fourth-order valence-corrected chi connectivity index (χ4v) is 1.52. The van der Waals surface area contributed by atoms with Crippen LogP contribution in [0.3, 0.4) is 0 Å². The zero-order valence-electron chi connectivity index (χ0n) is 11.8. The average Bonchev–Trinajstić information content (AvgIpc) is 2.39. The number of amides is 2. The lowest BCUT2D eigenvalue weighted by atomic mass is 9.85. The SMILES string of the molecule is CCC(C)(C(N)=O)C(=O)Nc1cc(OC(F)(F)F)ccc1O. The number of benzene rings is 1. The number of carbonyl (C=O) groups is 2. The fourth-order valence-electron chi connectivity index (χ4n) is 1.52. The van der Waals surface area contributed by atoms with Crippen LogP contribution >= 0.6 is 0 Å². The highest BCUT2D eigenvalue weighted by Crippen LogP contribution is 2.33. The Labute approximate surface area is 124 Å². The second kappa shape index (κ2) is 6.12. The van der Waals surface area contributed by atoms with Crippen LogP contribution in [0.5, 0.6) is 11.5 Å². The zero-order valence-corrected chi connectivity index (χ0v) is 11.8. The fraction of sp³-hybridized carbons (Fsp3) is 0.385. The molecule has 0 aliphatic carbocycles. The normalized spacial score (nSPS) is 14.0. The first-order valence-corrected chi connectivity index (χ1v) is 6.19. The first kappa shape index (κ1) is 17.6. The summed E-state index contributed by atoms with van der Waals surface area (Å²) in [4.78, 5) is 23.4. The molecule has 0 bridgehead atoms. The van der Waals surface area contributed by atoms with Crippen LogP contribution in [0.4, 0.5) is 18.9 Å². The molecular weight excluding hydrogens is 305 g/mol. The van der Waals surface area contributed by atoms with Gasteiger partial charge in [-0.15, -0.1) is 13.2 Å². The molecule has 2 amide bonds. The van der Waals surface area contributed by atoms with E-state index < -0.39 is 35.1 Å². The lowest BCUT2D eigenvalue weighted by Gasteiger charge is -2.23. The van der Waals surface area contributed by atoms with Gasteiger partial charge >= 0.3 is 6.36 Å². The number of ether oxygens (including phenoxy) is 1. The standard InChI is InChI=1S/C13H15F3N2O4/c1-3-12(2,10(17)20)11(21)18-8-6-7(4-5-9(8)19)22-13(14,15)16/h4-6,19H,3H2,1-2H3,(H2,17,20)(H,18,21). The number of hydrogen-bond donors (Lipinski definition) is 3. The van der Waals surface area contributed by atoms with Crippen LogP contribution in [0.2, 0.25) is 0 Å². The molecule has 0 spiro atoms. The smallest absolute Gasteiger partial charge is 0.506 e. The van der Waals surface area contributed by atoms with Crippen LogP contribution in [0, 0.1) is 5.41 Å². The molecule has 0 aliphatic rings. The van der Waals surface area contributed by atoms with Crippen molar-refractivity contribution >= 4 is 17.5 Å². The molecule has 1 rings (SSSR count). The Bertz CT molecular complexity index is 589. The maximum absolute atomic E-state index is 12.2. The number of nitrogens with one attached hydrogen (secondary N) is 1. The van der Waals surface area contributed by atoms with Crippen molar-refractivity contribution in [1.82, 2.24) is 0 Å². The summed E-state index contributed by atoms with van der Waals surface area (Å²) in [6, 6.07) is 2.59. The van der Waals surface area contributed by atoms with E-state index >= 15 is 0 Å². The Hall–Kier alpha value is -2.45. The second-order valence-electron chi connectivity index (χ2n) is 4.73. The van der Waals surface area contributed by atoms with Crippen molar-refractivity contribution in [2.24, 2.45) is 11.1 Å². The summed E-state index contributed by atoms with van der Waals surface area (Å²) in [6.07, 6.45) is -4.84. The van der Waals surface area contributed by atoms with Crippen LogP contribution in [-0.4, -0.2) is 23.3 Å². The number of primary amides is 1. The van der Waals surface area contributed by atoms with E-state index in [1.807, 2.05) is 0 Å². The molecule has 1 atom stereocenters. The minimum absolute atomic E-state index is 0.0771. The molecule has 0 saturated heterocycles. The van der Waals surface area contributed by atoms with E-state index in [1.54, 1.807) is 6.92 Å². The van der Waals surface area contributed by atoms with Gasteiger partial charge in [-0.2, -0.15) is 0 Å². The summed E-state index contributed by atoms with van der Waals surface area (Å²) in [5, 5.41) is 11.8. The van der Waals surface area contributed by atoms with Crippen LogP contribution < -0.4 is 15.8 Å². The summed E-state index contributed by atoms with van der Waals surface area (Å²) in [6.45, 7) is 2.84. The summed E-state index contributed by atoms with van der Waals surface area (Å²) < 4.78 is 40.1. The Kier molecular flexibility index (Phi) is 4.90. The minimum atomic E-state index is -4.91. The van der Waals surface area contributed by atoms with Gasteiger partial charge in [0.15, 0.2) is 0 Å². The minimum Gasteiger partial charge on any atom is -0.506 e. The Morgan fingerprint density at radius 3 is 2.41 bits per heavy atom. The molecule has 1 aromatic carbocycles. The van der Waals surface area contributed by atoms with Crippen LogP contribution in [0.1, 0.15) is 20.3 Å². The average molecular weight is 320 g/mol. The van der Waals surface area contributed by atoms with E-state index in [4.69, 9.17) is 5.73 Å². The number of alkyl halides is 3. The third-order valence-corrected chi connectivity index (χ3v) is 3.20. The van der Waals surface area contributed by atoms with Gasteiger partial charge in [-0.3, -0.25) is 9.59 Å². The highest BCUT2D eigenvalue weighted by atomic mass is 19.4. The third-order valence-electron chi connectivity index (χ3n) is 3.20. The monoisotopic (exact) mass is 320 g/mol. The quantitative estimate of drug-likeness (QED) is 0.571. The Morgan fingerprint density at radius 2 is 1.95 bits per heavy atom. The largest absolute Gasteiger partial charge is 0.573 e. The Balaban J connectivity index is 3.05. The molecule has 22 heavy (non-hydrogen) atoms. The molecule has 9 heteroatoms. The van der Waals surface area contributed by atoms with E-state index in [1.165, 1.54) is 6.92 Å². The number of phenolic OH excluding ortho intramolecular Hbond substituents is 1. The predicted octanol–water partition coefficient (Wildman–Crippen LogP) is 2.13. The zero-order chi connectivity index (χ0) is 17.1. The van der Waals surface area contributed by atoms with Crippen molar-refractivity contribution in [2.45, 2.75) is 26.6 Å². The lowest BCUT2D eigenvalue weighted by Crippen LogP contribution is -2.44. The number of nitrogens with two attached hydrogens (primary N) is 1. The maximum atomic E-state index is 12.2. The summed E-state index contributed by atoms with van der Waals surface area (Å²) in [5.41, 5.74) is 3.26. The number of rotatable bonds is 5. The topological polar surface area (TPSA) is 102 Å². The van der Waals surface area contributed by atoms with Gasteiger partial charge in [0.25, 0.3) is 0 Å². The lowest BCUT2D eigenvalue weighted by molar-refractivity contribution is -0.274. The van der Waals surface area contributed by atoms with E-state index in [2.05, 4.69) is 10.1 Å². The van der Waals surface area contributed by atoms with Crippen LogP contribution in [0.15, 0.2) is 18.2 Å². The summed E-state index contributed by atoms with van der Waals surface area (Å²) in [5.74, 6) is -2.85. The molecule has 4 N–H and O–H groups in total. The van der Waals surface area contributed by atoms with Crippen LogP contribution in [-0.2, 0) is 9.59 Å². The van der Waals surface area contributed by atoms with Gasteiger partial charge in [-0.25, -0.2) is 0 Å². The van der Waals surface area contributed by atoms with Gasteiger partial charge in [-0.05, 0) is 25.5 Å². The Morgan fingerprint density at radius 1 is 1.36 bits per heavy atom. The van der Waals surface area contributed by atoms with Crippen LogP contribution in [0.25, 0.3) is 0 Å². The van der Waals surface area contributed by atoms with Gasteiger partial charge in [-0.1, -0.05) is 6.92 Å². The van der Waals surface area contributed by atoms with Crippen molar-refractivity contribution in [3.05, 3.63) is 18.2 Å². The van der Waals surface area contributed by atoms with Gasteiger partial charge in [0.05, 0.1) is 5.69 Å².